The molecule has 86 valence electrons. The lowest BCUT2D eigenvalue weighted by atomic mass is 10.0. The SMILES string of the molecule is CCc1occc1C(O)Cc1ccn(C)n1. The largest absolute Gasteiger partial charge is 0.469 e. The Kier molecular flexibility index (Phi) is 3.10. The average molecular weight is 220 g/mol. The van der Waals surface area contributed by atoms with Crippen LogP contribution in [0, 0.1) is 0 Å². The quantitative estimate of drug-likeness (QED) is 0.855. The summed E-state index contributed by atoms with van der Waals surface area (Å²) in [5, 5.41) is 14.3. The number of aliphatic hydroxyl groups is 1. The highest BCUT2D eigenvalue weighted by Crippen LogP contribution is 2.22. The zero-order chi connectivity index (χ0) is 11.5. The maximum absolute atomic E-state index is 10.1. The van der Waals surface area contributed by atoms with Crippen LogP contribution in [0.15, 0.2) is 29.0 Å². The van der Waals surface area contributed by atoms with Gasteiger partial charge in [0.1, 0.15) is 5.76 Å². The Bertz CT molecular complexity index is 459. The molecule has 2 rings (SSSR count). The molecule has 1 unspecified atom stereocenters. The maximum Gasteiger partial charge on any atom is 0.109 e. The van der Waals surface area contributed by atoms with Gasteiger partial charge in [-0.1, -0.05) is 6.92 Å². The van der Waals surface area contributed by atoms with Gasteiger partial charge in [-0.25, -0.2) is 0 Å². The molecule has 2 aromatic heterocycles. The van der Waals surface area contributed by atoms with Gasteiger partial charge in [-0.05, 0) is 12.1 Å². The number of nitrogens with zero attached hydrogens (tertiary/aromatic N) is 2. The van der Waals surface area contributed by atoms with Crippen LogP contribution in [-0.4, -0.2) is 14.9 Å². The van der Waals surface area contributed by atoms with Crippen LogP contribution in [0.2, 0.25) is 0 Å². The fraction of sp³-hybridized carbons (Fsp3) is 0.417. The first-order chi connectivity index (χ1) is 7.70. The van der Waals surface area contributed by atoms with E-state index in [1.807, 2.05) is 32.3 Å². The van der Waals surface area contributed by atoms with Gasteiger partial charge in [0.05, 0.1) is 18.1 Å². The fourth-order valence-electron chi connectivity index (χ4n) is 1.81. The van der Waals surface area contributed by atoms with Gasteiger partial charge in [-0.15, -0.1) is 0 Å². The lowest BCUT2D eigenvalue weighted by molar-refractivity contribution is 0.174. The highest BCUT2D eigenvalue weighted by atomic mass is 16.3. The minimum Gasteiger partial charge on any atom is -0.469 e. The molecule has 1 atom stereocenters. The first kappa shape index (κ1) is 11.0. The number of rotatable bonds is 4. The van der Waals surface area contributed by atoms with Crippen molar-refractivity contribution in [2.24, 2.45) is 7.05 Å². The Morgan fingerprint density at radius 2 is 2.31 bits per heavy atom. The molecule has 4 heteroatoms. The van der Waals surface area contributed by atoms with Crippen molar-refractivity contribution >= 4 is 0 Å². The molecular weight excluding hydrogens is 204 g/mol. The van der Waals surface area contributed by atoms with E-state index in [4.69, 9.17) is 4.42 Å². The summed E-state index contributed by atoms with van der Waals surface area (Å²) in [5.74, 6) is 0.850. The molecule has 16 heavy (non-hydrogen) atoms. The molecule has 1 N–H and O–H groups in total. The molecule has 0 aliphatic carbocycles. The van der Waals surface area contributed by atoms with Gasteiger partial charge in [-0.2, -0.15) is 5.10 Å². The first-order valence-corrected chi connectivity index (χ1v) is 5.43. The highest BCUT2D eigenvalue weighted by molar-refractivity contribution is 5.21. The van der Waals surface area contributed by atoms with Crippen LogP contribution in [0.25, 0.3) is 0 Å². The highest BCUT2D eigenvalue weighted by Gasteiger charge is 2.15. The Morgan fingerprint density at radius 1 is 1.50 bits per heavy atom. The number of aliphatic hydroxyl groups excluding tert-OH is 1. The van der Waals surface area contributed by atoms with Crippen LogP contribution in [-0.2, 0) is 19.9 Å². The molecule has 0 spiro atoms. The van der Waals surface area contributed by atoms with Crippen molar-refractivity contribution in [3.63, 3.8) is 0 Å². The molecule has 0 saturated carbocycles. The second kappa shape index (κ2) is 4.53. The summed E-state index contributed by atoms with van der Waals surface area (Å²) in [6.07, 6.45) is 4.27. The summed E-state index contributed by atoms with van der Waals surface area (Å²) < 4.78 is 7.03. The van der Waals surface area contributed by atoms with Gasteiger partial charge in [0.15, 0.2) is 0 Å². The third-order valence-electron chi connectivity index (χ3n) is 2.63. The van der Waals surface area contributed by atoms with Crippen LogP contribution < -0.4 is 0 Å². The summed E-state index contributed by atoms with van der Waals surface area (Å²) in [6.45, 7) is 2.01. The molecule has 0 amide bonds. The van der Waals surface area contributed by atoms with Crippen molar-refractivity contribution in [1.29, 1.82) is 0 Å². The van der Waals surface area contributed by atoms with Crippen molar-refractivity contribution in [3.05, 3.63) is 41.6 Å². The number of furan rings is 1. The molecule has 2 aromatic rings. The van der Waals surface area contributed by atoms with Crippen molar-refractivity contribution < 1.29 is 9.52 Å². The second-order valence-corrected chi connectivity index (χ2v) is 3.85. The topological polar surface area (TPSA) is 51.2 Å². The van der Waals surface area contributed by atoms with E-state index in [-0.39, 0.29) is 0 Å². The van der Waals surface area contributed by atoms with Crippen LogP contribution in [0.3, 0.4) is 0 Å². The summed E-state index contributed by atoms with van der Waals surface area (Å²) in [7, 11) is 1.87. The fourth-order valence-corrected chi connectivity index (χ4v) is 1.81. The van der Waals surface area contributed by atoms with Gasteiger partial charge in [0, 0.05) is 31.6 Å². The average Bonchev–Trinajstić information content (AvgIpc) is 2.86. The Labute approximate surface area is 94.5 Å². The Balaban J connectivity index is 2.11. The molecule has 0 aliphatic heterocycles. The minimum atomic E-state index is -0.538. The van der Waals surface area contributed by atoms with E-state index in [0.29, 0.717) is 6.42 Å². The normalized spacial score (nSPS) is 12.9. The lowest BCUT2D eigenvalue weighted by Crippen LogP contribution is -2.04. The number of hydrogen-bond donors (Lipinski definition) is 1. The van der Waals surface area contributed by atoms with E-state index in [1.54, 1.807) is 10.9 Å². The molecule has 0 bridgehead atoms. The Hall–Kier alpha value is -1.55. The molecule has 2 heterocycles. The van der Waals surface area contributed by atoms with E-state index in [9.17, 15) is 5.11 Å². The molecule has 0 aromatic carbocycles. The molecule has 0 fully saturated rings. The van der Waals surface area contributed by atoms with Gasteiger partial charge < -0.3 is 9.52 Å². The van der Waals surface area contributed by atoms with Crippen molar-refractivity contribution in [3.8, 4) is 0 Å². The molecular formula is C12H16N2O2. The van der Waals surface area contributed by atoms with Crippen LogP contribution in [0.5, 0.6) is 0 Å². The molecule has 0 radical (unpaired) electrons. The summed E-state index contributed by atoms with van der Waals surface area (Å²) in [6, 6.07) is 3.74. The van der Waals surface area contributed by atoms with E-state index >= 15 is 0 Å². The van der Waals surface area contributed by atoms with Crippen molar-refractivity contribution in [1.82, 2.24) is 9.78 Å². The number of aromatic nitrogens is 2. The molecule has 4 nitrogen and oxygen atoms in total. The van der Waals surface area contributed by atoms with E-state index in [0.717, 1.165) is 23.4 Å². The summed E-state index contributed by atoms with van der Waals surface area (Å²) in [4.78, 5) is 0. The zero-order valence-corrected chi connectivity index (χ0v) is 9.55. The van der Waals surface area contributed by atoms with Crippen LogP contribution in [0.1, 0.15) is 30.0 Å². The maximum atomic E-state index is 10.1. The minimum absolute atomic E-state index is 0.521. The van der Waals surface area contributed by atoms with Crippen LogP contribution in [0.4, 0.5) is 0 Å². The number of hydrogen-bond acceptors (Lipinski definition) is 3. The van der Waals surface area contributed by atoms with Gasteiger partial charge in [0.2, 0.25) is 0 Å². The third-order valence-corrected chi connectivity index (χ3v) is 2.63. The molecule has 0 aliphatic rings. The number of aryl methyl sites for hydroxylation is 2. The monoisotopic (exact) mass is 220 g/mol. The zero-order valence-electron chi connectivity index (χ0n) is 9.55. The lowest BCUT2D eigenvalue weighted by Gasteiger charge is -2.08. The summed E-state index contributed by atoms with van der Waals surface area (Å²) >= 11 is 0. The van der Waals surface area contributed by atoms with E-state index in [1.165, 1.54) is 0 Å². The smallest absolute Gasteiger partial charge is 0.109 e. The summed E-state index contributed by atoms with van der Waals surface area (Å²) in [5.41, 5.74) is 1.76. The first-order valence-electron chi connectivity index (χ1n) is 5.43. The van der Waals surface area contributed by atoms with Gasteiger partial charge in [0.25, 0.3) is 0 Å². The van der Waals surface area contributed by atoms with E-state index < -0.39 is 6.10 Å². The predicted molar refractivity (Wildman–Crippen MR) is 60.0 cm³/mol. The second-order valence-electron chi connectivity index (χ2n) is 3.85. The third kappa shape index (κ3) is 2.17. The standard InChI is InChI=1S/C12H16N2O2/c1-3-12-10(5-7-16-12)11(15)8-9-4-6-14(2)13-9/h4-7,11,15H,3,8H2,1-2H3. The van der Waals surface area contributed by atoms with Crippen molar-refractivity contribution in [2.45, 2.75) is 25.9 Å². The van der Waals surface area contributed by atoms with E-state index in [2.05, 4.69) is 5.10 Å². The van der Waals surface area contributed by atoms with Crippen LogP contribution >= 0.6 is 0 Å². The van der Waals surface area contributed by atoms with Gasteiger partial charge >= 0.3 is 0 Å². The van der Waals surface area contributed by atoms with Crippen molar-refractivity contribution in [2.75, 3.05) is 0 Å². The Morgan fingerprint density at radius 3 is 2.94 bits per heavy atom. The van der Waals surface area contributed by atoms with Gasteiger partial charge in [-0.3, -0.25) is 4.68 Å². The molecule has 0 saturated heterocycles. The predicted octanol–water partition coefficient (Wildman–Crippen LogP) is 1.85.